The van der Waals surface area contributed by atoms with E-state index in [1.54, 1.807) is 0 Å². The lowest BCUT2D eigenvalue weighted by atomic mass is 9.84. The summed E-state index contributed by atoms with van der Waals surface area (Å²) in [6.45, 7) is 6.68. The van der Waals surface area contributed by atoms with Crippen molar-refractivity contribution in [3.63, 3.8) is 0 Å². The zero-order valence-corrected chi connectivity index (χ0v) is 9.84. The highest BCUT2D eigenvalue weighted by Crippen LogP contribution is 2.34. The molecule has 0 fully saturated rings. The summed E-state index contributed by atoms with van der Waals surface area (Å²) in [5, 5.41) is 11.6. The monoisotopic (exact) mass is 211 g/mol. The number of rotatable bonds is 3. The molecule has 3 nitrogen and oxygen atoms in total. The van der Waals surface area contributed by atoms with Gasteiger partial charge in [-0.3, -0.25) is 4.79 Å². The van der Waals surface area contributed by atoms with Crippen molar-refractivity contribution < 1.29 is 9.90 Å². The highest BCUT2D eigenvalue weighted by atomic mass is 16.4. The summed E-state index contributed by atoms with van der Waals surface area (Å²) in [6, 6.07) is 0. The molecule has 0 radical (unpaired) electrons. The Morgan fingerprint density at radius 2 is 2.33 bits per heavy atom. The van der Waals surface area contributed by atoms with E-state index in [0.717, 1.165) is 12.1 Å². The molecule has 1 rings (SSSR count). The minimum Gasteiger partial charge on any atom is -0.480 e. The van der Waals surface area contributed by atoms with Crippen molar-refractivity contribution in [2.24, 2.45) is 11.3 Å². The van der Waals surface area contributed by atoms with Gasteiger partial charge in [0.05, 0.1) is 0 Å². The third kappa shape index (κ3) is 4.36. The predicted molar refractivity (Wildman–Crippen MR) is 60.5 cm³/mol. The third-order valence-electron chi connectivity index (χ3n) is 2.90. The first-order valence-electron chi connectivity index (χ1n) is 5.55. The Labute approximate surface area is 91.6 Å². The van der Waals surface area contributed by atoms with Crippen molar-refractivity contribution in [2.75, 3.05) is 6.54 Å². The van der Waals surface area contributed by atoms with Crippen LogP contribution in [0.1, 0.15) is 40.0 Å². The van der Waals surface area contributed by atoms with E-state index in [-0.39, 0.29) is 12.0 Å². The van der Waals surface area contributed by atoms with Gasteiger partial charge in [0.1, 0.15) is 6.54 Å². The normalized spacial score (nSPS) is 25.3. The van der Waals surface area contributed by atoms with E-state index in [2.05, 4.69) is 32.2 Å². The first-order chi connectivity index (χ1) is 6.89. The van der Waals surface area contributed by atoms with Gasteiger partial charge >= 0.3 is 5.97 Å². The minimum absolute atomic E-state index is 0.0225. The Bertz CT molecular complexity index is 269. The molecular weight excluding hydrogens is 190 g/mol. The molecule has 0 aromatic rings. The first-order valence-corrected chi connectivity index (χ1v) is 5.55. The van der Waals surface area contributed by atoms with Crippen molar-refractivity contribution in [1.82, 2.24) is 5.32 Å². The SMILES string of the molecule is CC1C=C(NCC(=O)O)CC(C)(C)CC1. The van der Waals surface area contributed by atoms with Crippen LogP contribution in [0.15, 0.2) is 11.8 Å². The second-order valence-corrected chi connectivity index (χ2v) is 5.30. The fourth-order valence-corrected chi connectivity index (χ4v) is 2.02. The molecule has 0 spiro atoms. The van der Waals surface area contributed by atoms with Crippen LogP contribution in [0, 0.1) is 11.3 Å². The number of aliphatic carboxylic acids is 1. The van der Waals surface area contributed by atoms with E-state index >= 15 is 0 Å². The smallest absolute Gasteiger partial charge is 0.322 e. The standard InChI is InChI=1S/C12H21NO2/c1-9-4-5-12(2,3)7-10(6-9)13-8-11(14)15/h6,9,13H,4-5,7-8H2,1-3H3,(H,14,15). The van der Waals surface area contributed by atoms with E-state index in [0.29, 0.717) is 5.92 Å². The second kappa shape index (κ2) is 4.69. The lowest BCUT2D eigenvalue weighted by molar-refractivity contribution is -0.135. The molecule has 1 aliphatic carbocycles. The summed E-state index contributed by atoms with van der Waals surface area (Å²) in [6.07, 6.45) is 5.51. The molecule has 0 bridgehead atoms. The summed E-state index contributed by atoms with van der Waals surface area (Å²) >= 11 is 0. The van der Waals surface area contributed by atoms with Gasteiger partial charge in [-0.05, 0) is 30.6 Å². The molecule has 2 N–H and O–H groups in total. The van der Waals surface area contributed by atoms with Crippen LogP contribution in [-0.4, -0.2) is 17.6 Å². The average Bonchev–Trinajstić information content (AvgIpc) is 2.22. The zero-order chi connectivity index (χ0) is 11.5. The lowest BCUT2D eigenvalue weighted by Gasteiger charge is -2.24. The molecule has 0 saturated heterocycles. The molecule has 0 aromatic heterocycles. The van der Waals surface area contributed by atoms with Crippen molar-refractivity contribution in [2.45, 2.75) is 40.0 Å². The van der Waals surface area contributed by atoms with E-state index in [4.69, 9.17) is 5.11 Å². The third-order valence-corrected chi connectivity index (χ3v) is 2.90. The number of hydrogen-bond acceptors (Lipinski definition) is 2. The topological polar surface area (TPSA) is 49.3 Å². The molecule has 1 unspecified atom stereocenters. The van der Waals surface area contributed by atoms with Gasteiger partial charge < -0.3 is 10.4 Å². The highest BCUT2D eigenvalue weighted by Gasteiger charge is 2.23. The number of hydrogen-bond donors (Lipinski definition) is 2. The van der Waals surface area contributed by atoms with Gasteiger partial charge in [0.2, 0.25) is 0 Å². The Morgan fingerprint density at radius 3 is 2.93 bits per heavy atom. The van der Waals surface area contributed by atoms with Gasteiger partial charge in [-0.1, -0.05) is 26.8 Å². The quantitative estimate of drug-likeness (QED) is 0.753. The van der Waals surface area contributed by atoms with Gasteiger partial charge in [-0.15, -0.1) is 0 Å². The second-order valence-electron chi connectivity index (χ2n) is 5.30. The van der Waals surface area contributed by atoms with Crippen LogP contribution < -0.4 is 5.32 Å². The Balaban J connectivity index is 2.62. The summed E-state index contributed by atoms with van der Waals surface area (Å²) in [7, 11) is 0. The minimum atomic E-state index is -0.800. The van der Waals surface area contributed by atoms with Gasteiger partial charge in [0.25, 0.3) is 0 Å². The molecule has 0 aromatic carbocycles. The fraction of sp³-hybridized carbons (Fsp3) is 0.750. The number of allylic oxidation sites excluding steroid dienone is 2. The summed E-state index contributed by atoms with van der Waals surface area (Å²) in [4.78, 5) is 10.5. The van der Waals surface area contributed by atoms with Crippen LogP contribution in [0.2, 0.25) is 0 Å². The molecule has 86 valence electrons. The molecule has 15 heavy (non-hydrogen) atoms. The van der Waals surface area contributed by atoms with Gasteiger partial charge in [0, 0.05) is 5.70 Å². The highest BCUT2D eigenvalue weighted by molar-refractivity contribution is 5.69. The Morgan fingerprint density at radius 1 is 1.67 bits per heavy atom. The fourth-order valence-electron chi connectivity index (χ4n) is 2.02. The Kier molecular flexibility index (Phi) is 3.77. The number of carboxylic acid groups (broad SMARTS) is 1. The van der Waals surface area contributed by atoms with E-state index < -0.39 is 5.97 Å². The van der Waals surface area contributed by atoms with Crippen LogP contribution >= 0.6 is 0 Å². The molecule has 0 heterocycles. The maximum Gasteiger partial charge on any atom is 0.322 e. The van der Waals surface area contributed by atoms with E-state index in [9.17, 15) is 4.79 Å². The number of carboxylic acids is 1. The molecule has 1 atom stereocenters. The van der Waals surface area contributed by atoms with E-state index in [1.165, 1.54) is 12.8 Å². The largest absolute Gasteiger partial charge is 0.480 e. The van der Waals surface area contributed by atoms with E-state index in [1.807, 2.05) is 0 Å². The van der Waals surface area contributed by atoms with Crippen LogP contribution in [-0.2, 0) is 4.79 Å². The summed E-state index contributed by atoms with van der Waals surface area (Å²) in [5.74, 6) is -0.256. The molecule has 0 amide bonds. The summed E-state index contributed by atoms with van der Waals surface area (Å²) < 4.78 is 0. The predicted octanol–water partition coefficient (Wildman–Crippen LogP) is 2.39. The zero-order valence-electron chi connectivity index (χ0n) is 9.84. The molecular formula is C12H21NO2. The number of carbonyl (C=O) groups is 1. The maximum absolute atomic E-state index is 10.5. The molecule has 0 aliphatic heterocycles. The van der Waals surface area contributed by atoms with Crippen molar-refractivity contribution in [3.05, 3.63) is 11.8 Å². The van der Waals surface area contributed by atoms with Crippen molar-refractivity contribution in [1.29, 1.82) is 0 Å². The van der Waals surface area contributed by atoms with Gasteiger partial charge in [-0.2, -0.15) is 0 Å². The van der Waals surface area contributed by atoms with Crippen LogP contribution in [0.4, 0.5) is 0 Å². The van der Waals surface area contributed by atoms with Gasteiger partial charge in [-0.25, -0.2) is 0 Å². The molecule has 0 saturated carbocycles. The van der Waals surface area contributed by atoms with Crippen LogP contribution in [0.3, 0.4) is 0 Å². The van der Waals surface area contributed by atoms with Crippen molar-refractivity contribution >= 4 is 5.97 Å². The maximum atomic E-state index is 10.5. The van der Waals surface area contributed by atoms with Gasteiger partial charge in [0.15, 0.2) is 0 Å². The molecule has 3 heteroatoms. The lowest BCUT2D eigenvalue weighted by Crippen LogP contribution is -2.24. The molecule has 1 aliphatic rings. The van der Waals surface area contributed by atoms with Crippen LogP contribution in [0.5, 0.6) is 0 Å². The van der Waals surface area contributed by atoms with Crippen LogP contribution in [0.25, 0.3) is 0 Å². The average molecular weight is 211 g/mol. The Hall–Kier alpha value is -0.990. The number of nitrogens with one attached hydrogen (secondary N) is 1. The summed E-state index contributed by atoms with van der Waals surface area (Å²) in [5.41, 5.74) is 1.37. The first kappa shape index (κ1) is 12.1. The van der Waals surface area contributed by atoms with Crippen molar-refractivity contribution in [3.8, 4) is 0 Å².